The van der Waals surface area contributed by atoms with Crippen molar-refractivity contribution < 1.29 is 19.5 Å². The fourth-order valence-corrected chi connectivity index (χ4v) is 6.07. The molecule has 2 amide bonds. The van der Waals surface area contributed by atoms with Gasteiger partial charge in [-0.3, -0.25) is 25.2 Å². The Morgan fingerprint density at radius 3 is 2.44 bits per heavy atom. The summed E-state index contributed by atoms with van der Waals surface area (Å²) >= 11 is 1.60. The third-order valence-corrected chi connectivity index (χ3v) is 7.33. The van der Waals surface area contributed by atoms with E-state index in [4.69, 9.17) is 0 Å². The van der Waals surface area contributed by atoms with Crippen molar-refractivity contribution in [3.05, 3.63) is 33.5 Å². The van der Waals surface area contributed by atoms with Crippen LogP contribution in [0.15, 0.2) is 17.5 Å². The van der Waals surface area contributed by atoms with Gasteiger partial charge in [0.05, 0.1) is 17.4 Å². The molecule has 1 heterocycles. The van der Waals surface area contributed by atoms with Gasteiger partial charge in [0.15, 0.2) is 0 Å². The van der Waals surface area contributed by atoms with Crippen molar-refractivity contribution in [1.82, 2.24) is 10.9 Å². The van der Waals surface area contributed by atoms with Crippen molar-refractivity contribution in [2.45, 2.75) is 39.0 Å². The number of nitrogens with one attached hydrogen (secondary N) is 2. The molecule has 6 nitrogen and oxygen atoms in total. The number of fused-ring (bicyclic) bond motifs is 3. The third kappa shape index (κ3) is 3.29. The second kappa shape index (κ2) is 7.11. The highest BCUT2D eigenvalue weighted by Gasteiger charge is 2.48. The smallest absolute Gasteiger partial charge is 0.307 e. The van der Waals surface area contributed by atoms with Gasteiger partial charge in [-0.1, -0.05) is 19.1 Å². The largest absolute Gasteiger partial charge is 0.481 e. The highest BCUT2D eigenvalue weighted by Crippen LogP contribution is 2.45. The minimum absolute atomic E-state index is 0.0802. The Morgan fingerprint density at radius 2 is 1.78 bits per heavy atom. The molecule has 1 saturated carbocycles. The molecular formula is C20H24N2O4S. The maximum Gasteiger partial charge on any atom is 0.307 e. The molecule has 0 aliphatic heterocycles. The standard InChI is InChI=1S/C20H24N2O4S/c1-10-2-7-13-14(9-27-15(13)8-10)18(23)21-22-19(24)16-11-3-5-12(6-4-11)17(16)20(25)26/h3,5,9-12,16-17H,2,4,6-8H2,1H3,(H,21,23)(H,22,24)(H,25,26)/t10-,11+,12+,16-,17-/m1/s1. The summed E-state index contributed by atoms with van der Waals surface area (Å²) in [5.74, 6) is -2.58. The zero-order valence-electron chi connectivity index (χ0n) is 15.2. The Kier molecular flexibility index (Phi) is 4.80. The van der Waals surface area contributed by atoms with Gasteiger partial charge >= 0.3 is 5.97 Å². The predicted octanol–water partition coefficient (Wildman–Crippen LogP) is 2.55. The Bertz CT molecular complexity index is 815. The number of carbonyl (C=O) groups excluding carboxylic acids is 2. The molecule has 144 valence electrons. The number of amides is 2. The van der Waals surface area contributed by atoms with Crippen LogP contribution in [-0.2, 0) is 22.4 Å². The van der Waals surface area contributed by atoms with Crippen molar-refractivity contribution >= 4 is 29.1 Å². The molecule has 2 bridgehead atoms. The Balaban J connectivity index is 1.43. The van der Waals surface area contributed by atoms with Crippen LogP contribution in [0.1, 0.15) is 47.0 Å². The van der Waals surface area contributed by atoms with Crippen LogP contribution in [0, 0.1) is 29.6 Å². The molecule has 0 saturated heterocycles. The van der Waals surface area contributed by atoms with Gasteiger partial charge in [-0.15, -0.1) is 11.3 Å². The lowest BCUT2D eigenvalue weighted by Gasteiger charge is -2.41. The summed E-state index contributed by atoms with van der Waals surface area (Å²) in [4.78, 5) is 38.2. The van der Waals surface area contributed by atoms with E-state index in [1.54, 1.807) is 11.3 Å². The SMILES string of the molecule is C[C@@H]1CCc2c(C(=O)NNC(=O)[C@H]3[C@H](C(=O)O)[C@H]4C=C[C@H]3CC4)csc2C1. The fraction of sp³-hybridized carbons (Fsp3) is 0.550. The summed E-state index contributed by atoms with van der Waals surface area (Å²) < 4.78 is 0. The van der Waals surface area contributed by atoms with Crippen molar-refractivity contribution in [3.8, 4) is 0 Å². The summed E-state index contributed by atoms with van der Waals surface area (Å²) in [5.41, 5.74) is 6.73. The highest BCUT2D eigenvalue weighted by atomic mass is 32.1. The van der Waals surface area contributed by atoms with E-state index in [-0.39, 0.29) is 17.7 Å². The summed E-state index contributed by atoms with van der Waals surface area (Å²) in [6.45, 7) is 2.22. The van der Waals surface area contributed by atoms with E-state index in [9.17, 15) is 19.5 Å². The number of aliphatic carboxylic acids is 1. The molecule has 1 aromatic heterocycles. The van der Waals surface area contributed by atoms with E-state index < -0.39 is 23.7 Å². The van der Waals surface area contributed by atoms with E-state index in [1.165, 1.54) is 4.88 Å². The lowest BCUT2D eigenvalue weighted by molar-refractivity contribution is -0.153. The van der Waals surface area contributed by atoms with Crippen LogP contribution in [-0.4, -0.2) is 22.9 Å². The number of hydrogen-bond acceptors (Lipinski definition) is 4. The van der Waals surface area contributed by atoms with Gasteiger partial charge < -0.3 is 5.11 Å². The van der Waals surface area contributed by atoms with Gasteiger partial charge in [0.2, 0.25) is 5.91 Å². The summed E-state index contributed by atoms with van der Waals surface area (Å²) in [6.07, 6.45) is 8.44. The van der Waals surface area contributed by atoms with Crippen LogP contribution < -0.4 is 10.9 Å². The topological polar surface area (TPSA) is 95.5 Å². The molecule has 4 aliphatic carbocycles. The number of allylic oxidation sites excluding steroid dienone is 2. The minimum atomic E-state index is -0.943. The van der Waals surface area contributed by atoms with Crippen LogP contribution >= 0.6 is 11.3 Å². The van der Waals surface area contributed by atoms with Crippen molar-refractivity contribution in [3.63, 3.8) is 0 Å². The Morgan fingerprint density at radius 1 is 1.07 bits per heavy atom. The first kappa shape index (κ1) is 18.2. The number of thiophene rings is 1. The molecule has 0 radical (unpaired) electrons. The number of carbonyl (C=O) groups is 3. The van der Waals surface area contributed by atoms with Crippen LogP contribution in [0.3, 0.4) is 0 Å². The summed E-state index contributed by atoms with van der Waals surface area (Å²) in [6, 6.07) is 0. The normalized spacial score (nSPS) is 31.2. The zero-order chi connectivity index (χ0) is 19.1. The average molecular weight is 388 g/mol. The zero-order valence-corrected chi connectivity index (χ0v) is 16.1. The molecule has 7 heteroatoms. The van der Waals surface area contributed by atoms with Gasteiger partial charge in [-0.05, 0) is 55.4 Å². The molecule has 4 aliphatic rings. The Hall–Kier alpha value is -2.15. The fourth-order valence-electron chi connectivity index (χ4n) is 4.83. The van der Waals surface area contributed by atoms with Gasteiger partial charge in [0, 0.05) is 10.3 Å². The molecule has 3 N–H and O–H groups in total. The lowest BCUT2D eigenvalue weighted by atomic mass is 9.62. The van der Waals surface area contributed by atoms with Crippen molar-refractivity contribution in [2.75, 3.05) is 0 Å². The number of carboxylic acids is 1. The second-order valence-electron chi connectivity index (χ2n) is 8.02. The highest BCUT2D eigenvalue weighted by molar-refractivity contribution is 7.10. The maximum atomic E-state index is 12.7. The number of carboxylic acid groups (broad SMARTS) is 1. The molecule has 5 atom stereocenters. The number of hydrogen-bond donors (Lipinski definition) is 3. The van der Waals surface area contributed by atoms with E-state index in [1.807, 2.05) is 17.5 Å². The molecule has 27 heavy (non-hydrogen) atoms. The Labute approximate surface area is 162 Å². The van der Waals surface area contributed by atoms with Crippen molar-refractivity contribution in [2.24, 2.45) is 29.6 Å². The maximum absolute atomic E-state index is 12.7. The number of hydrazine groups is 1. The molecule has 0 spiro atoms. The molecule has 1 fully saturated rings. The van der Waals surface area contributed by atoms with Crippen LogP contribution in [0.4, 0.5) is 0 Å². The summed E-state index contributed by atoms with van der Waals surface area (Å²) in [7, 11) is 0. The van der Waals surface area contributed by atoms with Crippen molar-refractivity contribution in [1.29, 1.82) is 0 Å². The van der Waals surface area contributed by atoms with E-state index in [0.29, 0.717) is 11.5 Å². The molecule has 5 rings (SSSR count). The van der Waals surface area contributed by atoms with E-state index >= 15 is 0 Å². The van der Waals surface area contributed by atoms with Crippen LogP contribution in [0.2, 0.25) is 0 Å². The first-order valence-electron chi connectivity index (χ1n) is 9.56. The van der Waals surface area contributed by atoms with E-state index in [0.717, 1.165) is 37.7 Å². The third-order valence-electron chi connectivity index (χ3n) is 6.28. The van der Waals surface area contributed by atoms with Crippen LogP contribution in [0.5, 0.6) is 0 Å². The van der Waals surface area contributed by atoms with Gasteiger partial charge in [-0.25, -0.2) is 0 Å². The number of rotatable bonds is 3. The van der Waals surface area contributed by atoms with E-state index in [2.05, 4.69) is 17.8 Å². The van der Waals surface area contributed by atoms with Gasteiger partial charge in [0.25, 0.3) is 5.91 Å². The monoisotopic (exact) mass is 388 g/mol. The molecule has 0 aromatic carbocycles. The lowest BCUT2D eigenvalue weighted by Crippen LogP contribution is -2.53. The quantitative estimate of drug-likeness (QED) is 0.548. The molecule has 0 unspecified atom stereocenters. The molecule has 1 aromatic rings. The van der Waals surface area contributed by atoms with Gasteiger partial charge in [-0.2, -0.15) is 0 Å². The predicted molar refractivity (Wildman–Crippen MR) is 101 cm³/mol. The average Bonchev–Trinajstić information content (AvgIpc) is 3.08. The second-order valence-corrected chi connectivity index (χ2v) is 8.99. The summed E-state index contributed by atoms with van der Waals surface area (Å²) in [5, 5.41) is 11.4. The van der Waals surface area contributed by atoms with Gasteiger partial charge in [0.1, 0.15) is 0 Å². The first-order chi connectivity index (χ1) is 13.0. The minimum Gasteiger partial charge on any atom is -0.481 e. The van der Waals surface area contributed by atoms with Crippen LogP contribution in [0.25, 0.3) is 0 Å². The molecular weight excluding hydrogens is 364 g/mol. The first-order valence-corrected chi connectivity index (χ1v) is 10.4.